The number of ether oxygens (including phenoxy) is 1. The van der Waals surface area contributed by atoms with E-state index >= 15 is 0 Å². The van der Waals surface area contributed by atoms with Crippen LogP contribution in [-0.4, -0.2) is 26.0 Å². The Bertz CT molecular complexity index is 1170. The van der Waals surface area contributed by atoms with Crippen LogP contribution in [0.15, 0.2) is 71.6 Å². The van der Waals surface area contributed by atoms with E-state index in [9.17, 15) is 18.3 Å². The third kappa shape index (κ3) is 6.30. The first-order valence-electron chi connectivity index (χ1n) is 9.54. The topological polar surface area (TPSA) is 92.7 Å². The van der Waals surface area contributed by atoms with Crippen molar-refractivity contribution in [3.8, 4) is 5.75 Å². The van der Waals surface area contributed by atoms with Gasteiger partial charge in [0.15, 0.2) is 0 Å². The molecule has 0 bridgehead atoms. The molecule has 0 spiro atoms. The molecule has 0 fully saturated rings. The Morgan fingerprint density at radius 1 is 1.03 bits per heavy atom. The summed E-state index contributed by atoms with van der Waals surface area (Å²) in [6.45, 7) is 2.23. The SMILES string of the molecule is Cc1ccc(S(=O)(=O)NCCc2ccc(OCc3ccc(Cl)cc3)cc2)cc1C(=O)O.[HH]. The zero-order valence-electron chi connectivity index (χ0n) is 16.8. The highest BCUT2D eigenvalue weighted by atomic mass is 35.5. The molecule has 3 rings (SSSR count). The van der Waals surface area contributed by atoms with Crippen LogP contribution in [0.25, 0.3) is 0 Å². The molecule has 3 aromatic carbocycles. The van der Waals surface area contributed by atoms with Crippen molar-refractivity contribution in [2.75, 3.05) is 6.54 Å². The summed E-state index contributed by atoms with van der Waals surface area (Å²) in [7, 11) is -3.80. The zero-order chi connectivity index (χ0) is 22.4. The molecule has 6 nitrogen and oxygen atoms in total. The van der Waals surface area contributed by atoms with Crippen molar-refractivity contribution in [2.45, 2.75) is 24.8 Å². The summed E-state index contributed by atoms with van der Waals surface area (Å²) < 4.78 is 33.2. The Kier molecular flexibility index (Phi) is 7.33. The van der Waals surface area contributed by atoms with Crippen LogP contribution < -0.4 is 9.46 Å². The van der Waals surface area contributed by atoms with Gasteiger partial charge in [-0.1, -0.05) is 41.9 Å². The second-order valence-electron chi connectivity index (χ2n) is 6.99. The third-order valence-electron chi connectivity index (χ3n) is 4.70. The van der Waals surface area contributed by atoms with E-state index in [0.717, 1.165) is 11.1 Å². The fraction of sp³-hybridized carbons (Fsp3) is 0.174. The Morgan fingerprint density at radius 3 is 2.32 bits per heavy atom. The average molecular weight is 462 g/mol. The molecule has 0 saturated heterocycles. The van der Waals surface area contributed by atoms with Gasteiger partial charge in [-0.15, -0.1) is 0 Å². The molecule has 3 aromatic rings. The monoisotopic (exact) mass is 461 g/mol. The Balaban J connectivity index is 0.00000363. The van der Waals surface area contributed by atoms with Crippen molar-refractivity contribution in [1.29, 1.82) is 0 Å². The average Bonchev–Trinajstić information content (AvgIpc) is 2.74. The van der Waals surface area contributed by atoms with E-state index in [0.29, 0.717) is 29.4 Å². The summed E-state index contributed by atoms with van der Waals surface area (Å²) in [5.41, 5.74) is 2.42. The summed E-state index contributed by atoms with van der Waals surface area (Å²) in [5.74, 6) is -0.451. The number of carboxylic acids is 1. The standard InChI is InChI=1S/C23H22ClNO5S.H2/c1-16-2-11-21(14-22(16)23(26)27)31(28,29)25-13-12-17-5-9-20(10-6-17)30-15-18-3-7-19(24)8-4-18;/h2-11,14,25H,12-13,15H2,1H3,(H,26,27);1H. The Hall–Kier alpha value is -2.87. The molecule has 0 unspecified atom stereocenters. The van der Waals surface area contributed by atoms with Gasteiger partial charge < -0.3 is 9.84 Å². The Labute approximate surface area is 188 Å². The molecular formula is C23H24ClNO5S. The number of carbonyl (C=O) groups is 1. The normalized spacial score (nSPS) is 11.3. The number of hydrogen-bond donors (Lipinski definition) is 2. The van der Waals surface area contributed by atoms with Crippen molar-refractivity contribution in [3.05, 3.63) is 94.0 Å². The van der Waals surface area contributed by atoms with Crippen LogP contribution in [0.3, 0.4) is 0 Å². The molecule has 31 heavy (non-hydrogen) atoms. The lowest BCUT2D eigenvalue weighted by Crippen LogP contribution is -2.26. The van der Waals surface area contributed by atoms with Crippen LogP contribution in [0.1, 0.15) is 28.5 Å². The molecule has 0 radical (unpaired) electrons. The van der Waals surface area contributed by atoms with E-state index in [1.807, 2.05) is 48.5 Å². The molecule has 8 heteroatoms. The van der Waals surface area contributed by atoms with E-state index in [1.165, 1.54) is 18.2 Å². The maximum atomic E-state index is 12.5. The third-order valence-corrected chi connectivity index (χ3v) is 6.41. The lowest BCUT2D eigenvalue weighted by atomic mass is 10.1. The molecule has 0 aromatic heterocycles. The highest BCUT2D eigenvalue weighted by Gasteiger charge is 2.17. The van der Waals surface area contributed by atoms with Crippen molar-refractivity contribution >= 4 is 27.6 Å². The van der Waals surface area contributed by atoms with E-state index in [4.69, 9.17) is 16.3 Å². The van der Waals surface area contributed by atoms with Crippen LogP contribution in [-0.2, 0) is 23.1 Å². The van der Waals surface area contributed by atoms with Gasteiger partial charge in [0.05, 0.1) is 10.5 Å². The molecule has 2 N–H and O–H groups in total. The smallest absolute Gasteiger partial charge is 0.335 e. The van der Waals surface area contributed by atoms with E-state index in [-0.39, 0.29) is 18.4 Å². The van der Waals surface area contributed by atoms with Crippen LogP contribution in [0.2, 0.25) is 5.02 Å². The van der Waals surface area contributed by atoms with Crippen molar-refractivity contribution in [2.24, 2.45) is 0 Å². The number of halogens is 1. The first kappa shape index (κ1) is 22.8. The molecule has 164 valence electrons. The van der Waals surface area contributed by atoms with E-state index < -0.39 is 16.0 Å². The van der Waals surface area contributed by atoms with Gasteiger partial charge >= 0.3 is 5.97 Å². The predicted molar refractivity (Wildman–Crippen MR) is 121 cm³/mol. The summed E-state index contributed by atoms with van der Waals surface area (Å²) in [6.07, 6.45) is 0.480. The maximum Gasteiger partial charge on any atom is 0.335 e. The predicted octanol–water partition coefficient (Wildman–Crippen LogP) is 4.69. The van der Waals surface area contributed by atoms with Crippen LogP contribution >= 0.6 is 11.6 Å². The minimum atomic E-state index is -3.80. The molecule has 0 amide bonds. The van der Waals surface area contributed by atoms with Crippen molar-refractivity contribution in [1.82, 2.24) is 4.72 Å². The molecule has 0 aliphatic heterocycles. The second kappa shape index (κ2) is 9.96. The number of sulfonamides is 1. The second-order valence-corrected chi connectivity index (χ2v) is 9.19. The van der Waals surface area contributed by atoms with Gasteiger partial charge in [-0.3, -0.25) is 0 Å². The van der Waals surface area contributed by atoms with Crippen molar-refractivity contribution in [3.63, 3.8) is 0 Å². The quantitative estimate of drug-likeness (QED) is 0.482. The Morgan fingerprint density at radius 2 is 1.68 bits per heavy atom. The number of aryl methyl sites for hydroxylation is 1. The maximum absolute atomic E-state index is 12.5. The number of aromatic carboxylic acids is 1. The van der Waals surface area contributed by atoms with Gasteiger partial charge in [-0.2, -0.15) is 0 Å². The fourth-order valence-electron chi connectivity index (χ4n) is 2.91. The van der Waals surface area contributed by atoms with Gasteiger partial charge in [0, 0.05) is 13.0 Å². The largest absolute Gasteiger partial charge is 0.489 e. The van der Waals surface area contributed by atoms with Crippen LogP contribution in [0.5, 0.6) is 5.75 Å². The molecule has 0 aliphatic rings. The van der Waals surface area contributed by atoms with Gasteiger partial charge in [-0.25, -0.2) is 17.9 Å². The summed E-state index contributed by atoms with van der Waals surface area (Å²) in [6, 6.07) is 18.9. The van der Waals surface area contributed by atoms with E-state index in [2.05, 4.69) is 4.72 Å². The first-order chi connectivity index (χ1) is 14.7. The van der Waals surface area contributed by atoms with Gasteiger partial charge in [-0.05, 0) is 66.4 Å². The van der Waals surface area contributed by atoms with Gasteiger partial charge in [0.1, 0.15) is 12.4 Å². The summed E-state index contributed by atoms with van der Waals surface area (Å²) in [4.78, 5) is 11.2. The molecule has 0 aliphatic carbocycles. The zero-order valence-corrected chi connectivity index (χ0v) is 18.4. The number of rotatable bonds is 9. The van der Waals surface area contributed by atoms with Gasteiger partial charge in [0.2, 0.25) is 10.0 Å². The van der Waals surface area contributed by atoms with Crippen LogP contribution in [0.4, 0.5) is 0 Å². The number of hydrogen-bond acceptors (Lipinski definition) is 4. The number of benzene rings is 3. The minimum Gasteiger partial charge on any atom is -0.489 e. The fourth-order valence-corrected chi connectivity index (χ4v) is 4.10. The lowest BCUT2D eigenvalue weighted by Gasteiger charge is -2.10. The highest BCUT2D eigenvalue weighted by molar-refractivity contribution is 7.89. The molecule has 0 atom stereocenters. The number of carboxylic acid groups (broad SMARTS) is 1. The number of nitrogens with one attached hydrogen (secondary N) is 1. The van der Waals surface area contributed by atoms with E-state index in [1.54, 1.807) is 6.92 Å². The lowest BCUT2D eigenvalue weighted by molar-refractivity contribution is 0.0696. The molecule has 0 heterocycles. The first-order valence-corrected chi connectivity index (χ1v) is 11.4. The molecule has 0 saturated carbocycles. The molecular weight excluding hydrogens is 438 g/mol. The van der Waals surface area contributed by atoms with Crippen LogP contribution in [0, 0.1) is 6.92 Å². The van der Waals surface area contributed by atoms with Gasteiger partial charge in [0.25, 0.3) is 0 Å². The summed E-state index contributed by atoms with van der Waals surface area (Å²) in [5, 5.41) is 9.86. The highest BCUT2D eigenvalue weighted by Crippen LogP contribution is 2.17. The minimum absolute atomic E-state index is 0. The van der Waals surface area contributed by atoms with Crippen molar-refractivity contribution < 1.29 is 24.5 Å². The summed E-state index contributed by atoms with van der Waals surface area (Å²) >= 11 is 5.87.